The maximum absolute atomic E-state index is 11.8. The van der Waals surface area contributed by atoms with E-state index in [-0.39, 0.29) is 12.6 Å². The maximum Gasteiger partial charge on any atom is 0.315 e. The van der Waals surface area contributed by atoms with Crippen molar-refractivity contribution in [3.05, 3.63) is 15.6 Å². The van der Waals surface area contributed by atoms with E-state index in [1.807, 2.05) is 13.8 Å². The van der Waals surface area contributed by atoms with Crippen LogP contribution in [-0.2, 0) is 6.54 Å². The second-order valence-electron chi connectivity index (χ2n) is 6.21. The minimum Gasteiger partial charge on any atom is -0.388 e. The molecule has 0 radical (unpaired) electrons. The van der Waals surface area contributed by atoms with Crippen molar-refractivity contribution in [1.82, 2.24) is 15.6 Å². The van der Waals surface area contributed by atoms with Crippen molar-refractivity contribution in [2.45, 2.75) is 59.6 Å². The first-order valence-corrected chi connectivity index (χ1v) is 8.18. The first-order chi connectivity index (χ1) is 9.69. The van der Waals surface area contributed by atoms with Crippen LogP contribution in [0, 0.1) is 19.8 Å². The normalized spacial score (nSPS) is 14.0. The number of amides is 2. The topological polar surface area (TPSA) is 74.2 Å². The van der Waals surface area contributed by atoms with Gasteiger partial charge >= 0.3 is 6.03 Å². The van der Waals surface area contributed by atoms with E-state index in [9.17, 15) is 9.90 Å². The van der Waals surface area contributed by atoms with Gasteiger partial charge < -0.3 is 15.7 Å². The van der Waals surface area contributed by atoms with Crippen molar-refractivity contribution in [2.24, 2.45) is 5.92 Å². The number of aryl methyl sites for hydroxylation is 2. The monoisotopic (exact) mass is 313 g/mol. The first-order valence-electron chi connectivity index (χ1n) is 7.36. The van der Waals surface area contributed by atoms with E-state index in [0.29, 0.717) is 18.9 Å². The van der Waals surface area contributed by atoms with Crippen LogP contribution < -0.4 is 10.6 Å². The van der Waals surface area contributed by atoms with Gasteiger partial charge in [0.1, 0.15) is 0 Å². The van der Waals surface area contributed by atoms with Crippen LogP contribution in [0.2, 0.25) is 0 Å². The van der Waals surface area contributed by atoms with Gasteiger partial charge in [-0.25, -0.2) is 9.78 Å². The Balaban J connectivity index is 2.32. The highest BCUT2D eigenvalue weighted by atomic mass is 32.1. The van der Waals surface area contributed by atoms with E-state index < -0.39 is 5.60 Å². The molecule has 1 atom stereocenters. The summed E-state index contributed by atoms with van der Waals surface area (Å²) in [7, 11) is 0. The van der Waals surface area contributed by atoms with Crippen molar-refractivity contribution in [3.8, 4) is 0 Å². The molecule has 0 aliphatic heterocycles. The summed E-state index contributed by atoms with van der Waals surface area (Å²) in [6, 6.07) is -0.259. The molecule has 3 N–H and O–H groups in total. The average molecular weight is 313 g/mol. The number of nitrogens with zero attached hydrogens (tertiary/aromatic N) is 1. The van der Waals surface area contributed by atoms with Gasteiger partial charge in [0.25, 0.3) is 0 Å². The third kappa shape index (κ3) is 6.91. The fourth-order valence-electron chi connectivity index (χ4n) is 1.92. The van der Waals surface area contributed by atoms with Gasteiger partial charge in [-0.3, -0.25) is 0 Å². The van der Waals surface area contributed by atoms with Crippen molar-refractivity contribution < 1.29 is 9.90 Å². The molecule has 1 aromatic heterocycles. The zero-order valence-electron chi connectivity index (χ0n) is 13.6. The van der Waals surface area contributed by atoms with E-state index in [1.54, 1.807) is 18.3 Å². The van der Waals surface area contributed by atoms with Gasteiger partial charge in [0.2, 0.25) is 0 Å². The van der Waals surface area contributed by atoms with Gasteiger partial charge in [0.05, 0.1) is 22.8 Å². The fourth-order valence-corrected chi connectivity index (χ4v) is 2.80. The number of hydrogen-bond donors (Lipinski definition) is 3. The molecule has 0 bridgehead atoms. The number of hydrogen-bond acceptors (Lipinski definition) is 4. The van der Waals surface area contributed by atoms with E-state index in [0.717, 1.165) is 22.0 Å². The summed E-state index contributed by atoms with van der Waals surface area (Å²) in [4.78, 5) is 17.2. The Morgan fingerprint density at radius 2 is 2.05 bits per heavy atom. The molecule has 1 aromatic rings. The molecule has 0 aliphatic rings. The SMILES string of the molecule is Cc1nc(C)c(CNC(=O)NCC(C)(O)CCC(C)C)s1. The van der Waals surface area contributed by atoms with Crippen molar-refractivity contribution >= 4 is 17.4 Å². The Hall–Kier alpha value is -1.14. The largest absolute Gasteiger partial charge is 0.388 e. The molecule has 0 aromatic carbocycles. The number of thiazole rings is 1. The summed E-state index contributed by atoms with van der Waals surface area (Å²) in [5, 5.41) is 16.7. The number of aliphatic hydroxyl groups is 1. The Kier molecular flexibility index (Phi) is 6.61. The van der Waals surface area contributed by atoms with Crippen LogP contribution in [0.15, 0.2) is 0 Å². The van der Waals surface area contributed by atoms with Crippen LogP contribution in [0.3, 0.4) is 0 Å². The zero-order chi connectivity index (χ0) is 16.0. The number of rotatable bonds is 7. The minimum absolute atomic E-state index is 0.256. The molecule has 1 heterocycles. The number of nitrogens with one attached hydrogen (secondary N) is 2. The molecule has 21 heavy (non-hydrogen) atoms. The molecule has 2 amide bonds. The smallest absolute Gasteiger partial charge is 0.315 e. The zero-order valence-corrected chi connectivity index (χ0v) is 14.4. The van der Waals surface area contributed by atoms with Crippen molar-refractivity contribution in [3.63, 3.8) is 0 Å². The highest BCUT2D eigenvalue weighted by Gasteiger charge is 2.21. The number of carbonyl (C=O) groups excluding carboxylic acids is 1. The molecule has 1 unspecified atom stereocenters. The molecule has 0 aliphatic carbocycles. The van der Waals surface area contributed by atoms with Crippen molar-refractivity contribution in [2.75, 3.05) is 6.54 Å². The van der Waals surface area contributed by atoms with Gasteiger partial charge in [-0.1, -0.05) is 13.8 Å². The van der Waals surface area contributed by atoms with E-state index in [2.05, 4.69) is 29.5 Å². The molecule has 1 rings (SSSR count). The van der Waals surface area contributed by atoms with Gasteiger partial charge in [-0.05, 0) is 39.5 Å². The van der Waals surface area contributed by atoms with Gasteiger partial charge in [-0.2, -0.15) is 0 Å². The van der Waals surface area contributed by atoms with E-state index >= 15 is 0 Å². The summed E-state index contributed by atoms with van der Waals surface area (Å²) in [5.41, 5.74) is 0.0974. The predicted molar refractivity (Wildman–Crippen MR) is 86.5 cm³/mol. The van der Waals surface area contributed by atoms with Crippen LogP contribution >= 0.6 is 11.3 Å². The summed E-state index contributed by atoms with van der Waals surface area (Å²) in [6.45, 7) is 10.6. The lowest BCUT2D eigenvalue weighted by atomic mass is 9.95. The van der Waals surface area contributed by atoms with Crippen LogP contribution in [-0.4, -0.2) is 28.3 Å². The maximum atomic E-state index is 11.8. The van der Waals surface area contributed by atoms with Crippen molar-refractivity contribution in [1.29, 1.82) is 0 Å². The molecule has 0 saturated carbocycles. The lowest BCUT2D eigenvalue weighted by Crippen LogP contribution is -2.44. The summed E-state index contributed by atoms with van der Waals surface area (Å²) < 4.78 is 0. The Labute approximate surface area is 131 Å². The van der Waals surface area contributed by atoms with Gasteiger partial charge in [0.15, 0.2) is 0 Å². The molecule has 0 spiro atoms. The molecule has 5 nitrogen and oxygen atoms in total. The number of carbonyl (C=O) groups is 1. The lowest BCUT2D eigenvalue weighted by molar-refractivity contribution is 0.0476. The standard InChI is InChI=1S/C15H27N3O2S/c1-10(2)6-7-15(5,20)9-17-14(19)16-8-13-11(3)18-12(4)21-13/h10,20H,6-9H2,1-5H3,(H2,16,17,19). The third-order valence-corrected chi connectivity index (χ3v) is 4.37. The Morgan fingerprint density at radius 1 is 1.38 bits per heavy atom. The second kappa shape index (κ2) is 7.75. The highest BCUT2D eigenvalue weighted by molar-refractivity contribution is 7.11. The van der Waals surface area contributed by atoms with Gasteiger partial charge in [-0.15, -0.1) is 11.3 Å². The molecule has 0 saturated heterocycles. The Morgan fingerprint density at radius 3 is 2.57 bits per heavy atom. The predicted octanol–water partition coefficient (Wildman–Crippen LogP) is 2.75. The molecule has 120 valence electrons. The van der Waals surface area contributed by atoms with Crippen LogP contribution in [0.4, 0.5) is 4.79 Å². The molecular weight excluding hydrogens is 286 g/mol. The second-order valence-corrected chi connectivity index (χ2v) is 7.49. The number of aromatic nitrogens is 1. The van der Waals surface area contributed by atoms with Crippen LogP contribution in [0.1, 0.15) is 49.2 Å². The van der Waals surface area contributed by atoms with Crippen LogP contribution in [0.25, 0.3) is 0 Å². The molecular formula is C15H27N3O2S. The summed E-state index contributed by atoms with van der Waals surface area (Å²) in [5.74, 6) is 0.544. The lowest BCUT2D eigenvalue weighted by Gasteiger charge is -2.24. The summed E-state index contributed by atoms with van der Waals surface area (Å²) >= 11 is 1.59. The Bertz CT molecular complexity index is 469. The summed E-state index contributed by atoms with van der Waals surface area (Å²) in [6.07, 6.45) is 1.62. The molecule has 6 heteroatoms. The van der Waals surface area contributed by atoms with E-state index in [4.69, 9.17) is 0 Å². The van der Waals surface area contributed by atoms with Crippen LogP contribution in [0.5, 0.6) is 0 Å². The first kappa shape index (κ1) is 17.9. The third-order valence-electron chi connectivity index (χ3n) is 3.30. The minimum atomic E-state index is -0.862. The van der Waals surface area contributed by atoms with Gasteiger partial charge in [0, 0.05) is 11.4 Å². The molecule has 0 fully saturated rings. The quantitative estimate of drug-likeness (QED) is 0.724. The highest BCUT2D eigenvalue weighted by Crippen LogP contribution is 2.17. The number of urea groups is 1. The average Bonchev–Trinajstić information content (AvgIpc) is 2.70. The fraction of sp³-hybridized carbons (Fsp3) is 0.733. The van der Waals surface area contributed by atoms with E-state index in [1.165, 1.54) is 0 Å².